The van der Waals surface area contributed by atoms with Crippen LogP contribution in [-0.4, -0.2) is 38.1 Å². The summed E-state index contributed by atoms with van der Waals surface area (Å²) in [5.41, 5.74) is 3.25. The van der Waals surface area contributed by atoms with E-state index in [0.29, 0.717) is 11.0 Å². The second kappa shape index (κ2) is 4.66. The van der Waals surface area contributed by atoms with Crippen LogP contribution >= 0.6 is 0 Å². The van der Waals surface area contributed by atoms with Crippen molar-refractivity contribution < 1.29 is 9.28 Å². The Morgan fingerprint density at radius 2 is 1.88 bits per heavy atom. The topological polar surface area (TPSA) is 29.1 Å². The highest BCUT2D eigenvalue weighted by Gasteiger charge is 2.14. The van der Waals surface area contributed by atoms with Gasteiger partial charge in [0.05, 0.1) is 21.1 Å². The van der Waals surface area contributed by atoms with Gasteiger partial charge in [-0.1, -0.05) is 12.1 Å². The molecular formula is C13H21N2O+. The quantitative estimate of drug-likeness (QED) is 0.777. The van der Waals surface area contributed by atoms with Crippen molar-refractivity contribution in [1.82, 2.24) is 0 Å². The second-order valence-corrected chi connectivity index (χ2v) is 5.24. The van der Waals surface area contributed by atoms with E-state index in [0.717, 1.165) is 11.3 Å². The van der Waals surface area contributed by atoms with Crippen LogP contribution in [0.2, 0.25) is 0 Å². The van der Waals surface area contributed by atoms with E-state index in [1.54, 1.807) is 0 Å². The number of likely N-dealkylation sites (N-methyl/N-ethyl adjacent to an activating group) is 1. The van der Waals surface area contributed by atoms with Crippen molar-refractivity contribution in [1.29, 1.82) is 0 Å². The highest BCUT2D eigenvalue weighted by molar-refractivity contribution is 5.92. The SMILES string of the molecule is Cc1cccc(NC(=O)C[N+](C)(C)C)c1C. The summed E-state index contributed by atoms with van der Waals surface area (Å²) in [6, 6.07) is 5.95. The molecule has 0 aliphatic carbocycles. The Hall–Kier alpha value is -1.35. The summed E-state index contributed by atoms with van der Waals surface area (Å²) >= 11 is 0. The van der Waals surface area contributed by atoms with Crippen LogP contribution in [0.4, 0.5) is 5.69 Å². The van der Waals surface area contributed by atoms with Gasteiger partial charge in [-0.2, -0.15) is 0 Å². The Kier molecular flexibility index (Phi) is 3.70. The maximum atomic E-state index is 11.8. The fourth-order valence-electron chi connectivity index (χ4n) is 1.51. The van der Waals surface area contributed by atoms with Gasteiger partial charge in [-0.3, -0.25) is 4.79 Å². The molecule has 0 radical (unpaired) electrons. The largest absolute Gasteiger partial charge is 0.323 e. The number of aryl methyl sites for hydroxylation is 1. The molecule has 88 valence electrons. The zero-order chi connectivity index (χ0) is 12.3. The van der Waals surface area contributed by atoms with E-state index in [4.69, 9.17) is 0 Å². The summed E-state index contributed by atoms with van der Waals surface area (Å²) in [6.07, 6.45) is 0. The standard InChI is InChI=1S/C13H20N2O/c1-10-7-6-8-12(11(10)2)14-13(16)9-15(3,4)5/h6-8H,9H2,1-5H3/p+1. The minimum Gasteiger partial charge on any atom is -0.323 e. The predicted octanol–water partition coefficient (Wildman–Crippen LogP) is 1.95. The van der Waals surface area contributed by atoms with Crippen molar-refractivity contribution in [3.05, 3.63) is 29.3 Å². The molecule has 3 heteroatoms. The third kappa shape index (κ3) is 3.66. The van der Waals surface area contributed by atoms with Crippen LogP contribution in [0.5, 0.6) is 0 Å². The summed E-state index contributed by atoms with van der Waals surface area (Å²) in [5, 5.41) is 2.95. The molecule has 0 bridgehead atoms. The van der Waals surface area contributed by atoms with Crippen LogP contribution in [0, 0.1) is 13.8 Å². The number of hydrogen-bond donors (Lipinski definition) is 1. The average Bonchev–Trinajstić information content (AvgIpc) is 2.09. The number of nitrogens with zero attached hydrogens (tertiary/aromatic N) is 1. The first-order valence-electron chi connectivity index (χ1n) is 5.46. The van der Waals surface area contributed by atoms with E-state index in [-0.39, 0.29) is 5.91 Å². The van der Waals surface area contributed by atoms with Gasteiger partial charge in [0.25, 0.3) is 5.91 Å². The molecule has 3 nitrogen and oxygen atoms in total. The van der Waals surface area contributed by atoms with E-state index in [1.165, 1.54) is 5.56 Å². The van der Waals surface area contributed by atoms with Gasteiger partial charge in [-0.15, -0.1) is 0 Å². The number of hydrogen-bond acceptors (Lipinski definition) is 1. The lowest BCUT2D eigenvalue weighted by molar-refractivity contribution is -0.861. The van der Waals surface area contributed by atoms with Gasteiger partial charge < -0.3 is 9.80 Å². The molecule has 1 aromatic carbocycles. The lowest BCUT2D eigenvalue weighted by atomic mass is 10.1. The molecule has 0 atom stereocenters. The lowest BCUT2D eigenvalue weighted by Gasteiger charge is -2.23. The number of quaternary nitrogens is 1. The normalized spacial score (nSPS) is 11.3. The summed E-state index contributed by atoms with van der Waals surface area (Å²) in [7, 11) is 6.01. The molecular weight excluding hydrogens is 200 g/mol. The summed E-state index contributed by atoms with van der Waals surface area (Å²) in [6.45, 7) is 4.55. The summed E-state index contributed by atoms with van der Waals surface area (Å²) < 4.78 is 0.636. The molecule has 0 unspecified atom stereocenters. The van der Waals surface area contributed by atoms with Crippen molar-refractivity contribution >= 4 is 11.6 Å². The third-order valence-electron chi connectivity index (χ3n) is 2.50. The first-order valence-corrected chi connectivity index (χ1v) is 5.46. The van der Waals surface area contributed by atoms with Gasteiger partial charge in [0.1, 0.15) is 0 Å². The number of carbonyl (C=O) groups excluding carboxylic acids is 1. The Morgan fingerprint density at radius 1 is 1.25 bits per heavy atom. The van der Waals surface area contributed by atoms with Crippen LogP contribution < -0.4 is 5.32 Å². The minimum absolute atomic E-state index is 0.0567. The maximum Gasteiger partial charge on any atom is 0.279 e. The summed E-state index contributed by atoms with van der Waals surface area (Å²) in [4.78, 5) is 11.8. The molecule has 0 saturated carbocycles. The van der Waals surface area contributed by atoms with E-state index in [9.17, 15) is 4.79 Å². The van der Waals surface area contributed by atoms with Crippen molar-refractivity contribution in [3.63, 3.8) is 0 Å². The Bertz CT molecular complexity index is 391. The minimum atomic E-state index is 0.0567. The predicted molar refractivity (Wildman–Crippen MR) is 67.4 cm³/mol. The molecule has 0 aliphatic rings. The van der Waals surface area contributed by atoms with Crippen molar-refractivity contribution in [2.75, 3.05) is 33.0 Å². The van der Waals surface area contributed by atoms with Gasteiger partial charge in [-0.25, -0.2) is 0 Å². The molecule has 1 amide bonds. The number of amides is 1. The number of nitrogens with one attached hydrogen (secondary N) is 1. The lowest BCUT2D eigenvalue weighted by Crippen LogP contribution is -2.41. The summed E-state index contributed by atoms with van der Waals surface area (Å²) in [5.74, 6) is 0.0567. The van der Waals surface area contributed by atoms with Gasteiger partial charge in [0.2, 0.25) is 0 Å². The van der Waals surface area contributed by atoms with Gasteiger partial charge in [0, 0.05) is 5.69 Å². The molecule has 1 rings (SSSR count). The van der Waals surface area contributed by atoms with E-state index < -0.39 is 0 Å². The van der Waals surface area contributed by atoms with E-state index >= 15 is 0 Å². The first-order chi connectivity index (χ1) is 7.29. The smallest absolute Gasteiger partial charge is 0.279 e. The van der Waals surface area contributed by atoms with Gasteiger partial charge in [0.15, 0.2) is 6.54 Å². The molecule has 0 fully saturated rings. The maximum absolute atomic E-state index is 11.8. The zero-order valence-electron chi connectivity index (χ0n) is 10.8. The van der Waals surface area contributed by atoms with Crippen LogP contribution in [0.3, 0.4) is 0 Å². The fraction of sp³-hybridized carbons (Fsp3) is 0.462. The van der Waals surface area contributed by atoms with E-state index in [2.05, 4.69) is 5.32 Å². The zero-order valence-corrected chi connectivity index (χ0v) is 10.8. The molecule has 0 aromatic heterocycles. The fourth-order valence-corrected chi connectivity index (χ4v) is 1.51. The third-order valence-corrected chi connectivity index (χ3v) is 2.50. The molecule has 0 saturated heterocycles. The van der Waals surface area contributed by atoms with Crippen molar-refractivity contribution in [2.24, 2.45) is 0 Å². The molecule has 1 aromatic rings. The number of benzene rings is 1. The second-order valence-electron chi connectivity index (χ2n) is 5.24. The number of rotatable bonds is 3. The average molecular weight is 221 g/mol. The Morgan fingerprint density at radius 3 is 2.44 bits per heavy atom. The number of carbonyl (C=O) groups is 1. The Balaban J connectivity index is 2.74. The molecule has 1 N–H and O–H groups in total. The molecule has 0 spiro atoms. The van der Waals surface area contributed by atoms with Crippen LogP contribution in [0.25, 0.3) is 0 Å². The van der Waals surface area contributed by atoms with Crippen LogP contribution in [-0.2, 0) is 4.79 Å². The van der Waals surface area contributed by atoms with E-state index in [1.807, 2.05) is 53.2 Å². The monoisotopic (exact) mass is 221 g/mol. The van der Waals surface area contributed by atoms with Crippen LogP contribution in [0.15, 0.2) is 18.2 Å². The number of anilines is 1. The van der Waals surface area contributed by atoms with Crippen molar-refractivity contribution in [3.8, 4) is 0 Å². The van der Waals surface area contributed by atoms with Gasteiger partial charge >= 0.3 is 0 Å². The Labute approximate surface area is 97.7 Å². The van der Waals surface area contributed by atoms with Crippen LogP contribution in [0.1, 0.15) is 11.1 Å². The molecule has 0 heterocycles. The highest BCUT2D eigenvalue weighted by atomic mass is 16.2. The first kappa shape index (κ1) is 12.7. The van der Waals surface area contributed by atoms with Crippen molar-refractivity contribution in [2.45, 2.75) is 13.8 Å². The molecule has 0 aliphatic heterocycles. The molecule has 16 heavy (non-hydrogen) atoms. The van der Waals surface area contributed by atoms with Gasteiger partial charge in [-0.05, 0) is 31.0 Å². The highest BCUT2D eigenvalue weighted by Crippen LogP contribution is 2.17.